The summed E-state index contributed by atoms with van der Waals surface area (Å²) in [6.45, 7) is 2.25. The number of piperidine rings is 1. The molecule has 110 valence electrons. The third-order valence-corrected chi connectivity index (χ3v) is 6.33. The maximum absolute atomic E-state index is 11.8. The Labute approximate surface area is 121 Å². The molecule has 3 rings (SSSR count). The summed E-state index contributed by atoms with van der Waals surface area (Å²) >= 11 is 0. The van der Waals surface area contributed by atoms with Crippen LogP contribution in [-0.4, -0.2) is 45.2 Å². The van der Waals surface area contributed by atoms with Crippen molar-refractivity contribution >= 4 is 10.0 Å². The first-order chi connectivity index (χ1) is 9.47. The minimum Gasteiger partial charge on any atom is -0.328 e. The molecule has 0 aliphatic carbocycles. The summed E-state index contributed by atoms with van der Waals surface area (Å²) in [6.07, 6.45) is 4.36. The molecule has 1 fully saturated rings. The number of fused-ring (bicyclic) bond motifs is 3. The number of sulfonamides is 1. The maximum Gasteiger partial charge on any atom is 0.211 e. The van der Waals surface area contributed by atoms with E-state index in [-0.39, 0.29) is 6.04 Å². The Morgan fingerprint density at radius 3 is 2.75 bits per heavy atom. The minimum atomic E-state index is -3.09. The number of nitrogens with zero attached hydrogens (tertiary/aromatic N) is 1. The van der Waals surface area contributed by atoms with Crippen LogP contribution < -0.4 is 4.90 Å². The number of hydrogen-bond donors (Lipinski definition) is 1. The summed E-state index contributed by atoms with van der Waals surface area (Å²) < 4.78 is 25.1. The first-order valence-corrected chi connectivity index (χ1v) is 9.17. The molecular formula is C15H23N2O2S+. The lowest BCUT2D eigenvalue weighted by atomic mass is 9.85. The van der Waals surface area contributed by atoms with Gasteiger partial charge in [-0.3, -0.25) is 0 Å². The van der Waals surface area contributed by atoms with Crippen LogP contribution in [0, 0.1) is 0 Å². The predicted molar refractivity (Wildman–Crippen MR) is 79.2 cm³/mol. The number of benzene rings is 1. The van der Waals surface area contributed by atoms with Crippen LogP contribution in [0.5, 0.6) is 0 Å². The Balaban J connectivity index is 1.86. The summed E-state index contributed by atoms with van der Waals surface area (Å²) in [5.41, 5.74) is 2.88. The largest absolute Gasteiger partial charge is 0.328 e. The van der Waals surface area contributed by atoms with Crippen molar-refractivity contribution in [1.82, 2.24) is 4.31 Å². The van der Waals surface area contributed by atoms with Gasteiger partial charge in [0, 0.05) is 37.9 Å². The van der Waals surface area contributed by atoms with Crippen molar-refractivity contribution in [3.63, 3.8) is 0 Å². The average molecular weight is 295 g/mol. The zero-order valence-electron chi connectivity index (χ0n) is 12.2. The molecule has 4 nitrogen and oxygen atoms in total. The summed E-state index contributed by atoms with van der Waals surface area (Å²) in [4.78, 5) is 1.63. The summed E-state index contributed by atoms with van der Waals surface area (Å²) in [5.74, 6) is 0. The van der Waals surface area contributed by atoms with Gasteiger partial charge in [-0.2, -0.15) is 0 Å². The van der Waals surface area contributed by atoms with Gasteiger partial charge in [-0.1, -0.05) is 24.3 Å². The maximum atomic E-state index is 11.8. The predicted octanol–water partition coefficient (Wildman–Crippen LogP) is 0.223. The van der Waals surface area contributed by atoms with Crippen LogP contribution in [0.1, 0.15) is 30.0 Å². The second kappa shape index (κ2) is 5.13. The van der Waals surface area contributed by atoms with Gasteiger partial charge >= 0.3 is 0 Å². The molecule has 2 heterocycles. The summed E-state index contributed by atoms with van der Waals surface area (Å²) in [5, 5.41) is 0. The minimum absolute atomic E-state index is 0.143. The second-order valence-electron chi connectivity index (χ2n) is 6.12. The van der Waals surface area contributed by atoms with E-state index in [9.17, 15) is 8.42 Å². The molecule has 0 spiro atoms. The zero-order valence-corrected chi connectivity index (χ0v) is 13.0. The first-order valence-electron chi connectivity index (χ1n) is 7.32. The lowest BCUT2D eigenvalue weighted by molar-refractivity contribution is -0.939. The molecule has 1 N–H and O–H groups in total. The van der Waals surface area contributed by atoms with Crippen LogP contribution in [0.15, 0.2) is 24.3 Å². The Hall–Kier alpha value is -0.910. The van der Waals surface area contributed by atoms with E-state index < -0.39 is 10.0 Å². The van der Waals surface area contributed by atoms with E-state index in [1.165, 1.54) is 23.9 Å². The third-order valence-electron chi connectivity index (χ3n) is 4.98. The van der Waals surface area contributed by atoms with Crippen molar-refractivity contribution < 1.29 is 13.3 Å². The van der Waals surface area contributed by atoms with Crippen LogP contribution in [0.25, 0.3) is 0 Å². The van der Waals surface area contributed by atoms with Crippen LogP contribution >= 0.6 is 0 Å². The van der Waals surface area contributed by atoms with Gasteiger partial charge in [-0.15, -0.1) is 0 Å². The topological polar surface area (TPSA) is 41.8 Å². The normalized spacial score (nSPS) is 29.9. The van der Waals surface area contributed by atoms with Gasteiger partial charge in [0.15, 0.2) is 0 Å². The van der Waals surface area contributed by atoms with E-state index in [1.54, 1.807) is 16.3 Å². The number of quaternary nitrogens is 1. The second-order valence-corrected chi connectivity index (χ2v) is 8.16. The molecule has 1 unspecified atom stereocenters. The standard InChI is InChI=1S/C15H22N2O2S/c1-16(20(2,18)19)13-8-10-17-9-7-12-5-3-4-6-14(12)15(17)11-13/h3-6,13,15H,7-11H2,1-2H3/p+1/t13-,15-/m1/s1. The highest BCUT2D eigenvalue weighted by Gasteiger charge is 2.39. The Bertz CT molecular complexity index is 600. The molecule has 5 heteroatoms. The molecule has 0 amide bonds. The molecule has 0 bridgehead atoms. The van der Waals surface area contributed by atoms with E-state index >= 15 is 0 Å². The van der Waals surface area contributed by atoms with Gasteiger partial charge in [-0.05, 0) is 5.56 Å². The number of hydrogen-bond acceptors (Lipinski definition) is 2. The van der Waals surface area contributed by atoms with Crippen molar-refractivity contribution in [1.29, 1.82) is 0 Å². The monoisotopic (exact) mass is 295 g/mol. The van der Waals surface area contributed by atoms with Crippen molar-refractivity contribution in [2.45, 2.75) is 31.3 Å². The summed E-state index contributed by atoms with van der Waals surface area (Å²) in [7, 11) is -1.37. The molecular weight excluding hydrogens is 272 g/mol. The van der Waals surface area contributed by atoms with Crippen LogP contribution in [0.2, 0.25) is 0 Å². The highest BCUT2D eigenvalue weighted by molar-refractivity contribution is 7.88. The van der Waals surface area contributed by atoms with Gasteiger partial charge in [0.2, 0.25) is 10.0 Å². The Morgan fingerprint density at radius 2 is 2.00 bits per heavy atom. The molecule has 0 aromatic heterocycles. The smallest absolute Gasteiger partial charge is 0.211 e. The van der Waals surface area contributed by atoms with Gasteiger partial charge < -0.3 is 4.90 Å². The fourth-order valence-corrected chi connectivity index (χ4v) is 4.46. The van der Waals surface area contributed by atoms with Gasteiger partial charge in [-0.25, -0.2) is 12.7 Å². The average Bonchev–Trinajstić information content (AvgIpc) is 2.45. The van der Waals surface area contributed by atoms with E-state index in [0.717, 1.165) is 25.8 Å². The van der Waals surface area contributed by atoms with E-state index in [4.69, 9.17) is 0 Å². The molecule has 0 saturated carbocycles. The molecule has 20 heavy (non-hydrogen) atoms. The lowest BCUT2D eigenvalue weighted by Crippen LogP contribution is -3.14. The number of nitrogens with one attached hydrogen (secondary N) is 1. The molecule has 0 radical (unpaired) electrons. The van der Waals surface area contributed by atoms with Crippen LogP contribution in [0.4, 0.5) is 0 Å². The molecule has 1 saturated heterocycles. The van der Waals surface area contributed by atoms with Gasteiger partial charge in [0.1, 0.15) is 6.04 Å². The molecule has 3 atom stereocenters. The van der Waals surface area contributed by atoms with Crippen molar-refractivity contribution in [2.24, 2.45) is 0 Å². The highest BCUT2D eigenvalue weighted by Crippen LogP contribution is 2.28. The molecule has 1 aromatic rings. The quantitative estimate of drug-likeness (QED) is 0.848. The van der Waals surface area contributed by atoms with Crippen molar-refractivity contribution in [3.8, 4) is 0 Å². The van der Waals surface area contributed by atoms with Crippen molar-refractivity contribution in [2.75, 3.05) is 26.4 Å². The van der Waals surface area contributed by atoms with Crippen LogP contribution in [-0.2, 0) is 16.4 Å². The fraction of sp³-hybridized carbons (Fsp3) is 0.600. The van der Waals surface area contributed by atoms with Crippen LogP contribution in [0.3, 0.4) is 0 Å². The Kier molecular flexibility index (Phi) is 3.60. The number of rotatable bonds is 2. The van der Waals surface area contributed by atoms with E-state index in [1.807, 2.05) is 0 Å². The molecule has 1 aromatic carbocycles. The van der Waals surface area contributed by atoms with E-state index in [0.29, 0.717) is 6.04 Å². The molecule has 2 aliphatic heterocycles. The SMILES string of the molecule is CN([C@@H]1CC[NH+]2CCc3ccccc3[C@H]2C1)S(C)(=O)=O. The zero-order chi connectivity index (χ0) is 14.3. The highest BCUT2D eigenvalue weighted by atomic mass is 32.2. The van der Waals surface area contributed by atoms with Crippen molar-refractivity contribution in [3.05, 3.63) is 35.4 Å². The summed E-state index contributed by atoms with van der Waals surface area (Å²) in [6, 6.07) is 9.25. The lowest BCUT2D eigenvalue weighted by Gasteiger charge is -2.42. The fourth-order valence-electron chi connectivity index (χ4n) is 3.73. The Morgan fingerprint density at radius 1 is 1.25 bits per heavy atom. The molecule has 2 aliphatic rings. The van der Waals surface area contributed by atoms with E-state index in [2.05, 4.69) is 24.3 Å². The first kappa shape index (κ1) is 14.0. The van der Waals surface area contributed by atoms with Gasteiger partial charge in [0.05, 0.1) is 19.3 Å². The third kappa shape index (κ3) is 2.50. The van der Waals surface area contributed by atoms with Gasteiger partial charge in [0.25, 0.3) is 0 Å².